The number of rotatable bonds is 5. The third-order valence-electron chi connectivity index (χ3n) is 1.87. The van der Waals surface area contributed by atoms with Gasteiger partial charge in [-0.1, -0.05) is 11.6 Å². The van der Waals surface area contributed by atoms with Gasteiger partial charge in [0.05, 0.1) is 12.1 Å². The second-order valence-electron chi connectivity index (χ2n) is 3.15. The first-order valence-corrected chi connectivity index (χ1v) is 4.27. The number of aliphatic hydroxyl groups excluding tert-OH is 1. The molecule has 0 fully saturated rings. The lowest BCUT2D eigenvalue weighted by Gasteiger charge is -2.15. The number of aliphatic carboxylic acids is 1. The van der Waals surface area contributed by atoms with Crippen molar-refractivity contribution in [3.8, 4) is 0 Å². The lowest BCUT2D eigenvalue weighted by Crippen LogP contribution is -2.33. The van der Waals surface area contributed by atoms with Crippen LogP contribution in [0.1, 0.15) is 26.7 Å². The van der Waals surface area contributed by atoms with Crippen molar-refractivity contribution in [3.05, 3.63) is 11.6 Å². The molecule has 0 saturated heterocycles. The van der Waals surface area contributed by atoms with Crippen LogP contribution in [-0.2, 0) is 4.79 Å². The van der Waals surface area contributed by atoms with Crippen LogP contribution in [0.2, 0.25) is 0 Å². The molecule has 4 heteroatoms. The van der Waals surface area contributed by atoms with Crippen LogP contribution in [0.25, 0.3) is 0 Å². The molecule has 0 amide bonds. The Hall–Kier alpha value is -0.870. The summed E-state index contributed by atoms with van der Waals surface area (Å²) in [5, 5.41) is 17.5. The predicted molar refractivity (Wildman–Crippen MR) is 50.3 cm³/mol. The lowest BCUT2D eigenvalue weighted by molar-refractivity contribution is -0.136. The zero-order chi connectivity index (χ0) is 10.4. The van der Waals surface area contributed by atoms with Gasteiger partial charge in [-0.25, -0.2) is 0 Å². The van der Waals surface area contributed by atoms with Crippen molar-refractivity contribution >= 4 is 5.97 Å². The second-order valence-corrected chi connectivity index (χ2v) is 3.15. The van der Waals surface area contributed by atoms with Gasteiger partial charge in [0.2, 0.25) is 0 Å². The molecule has 4 nitrogen and oxygen atoms in total. The highest BCUT2D eigenvalue weighted by Gasteiger charge is 2.10. The van der Waals surface area contributed by atoms with Crippen LogP contribution in [0.15, 0.2) is 11.6 Å². The minimum atomic E-state index is -0.824. The van der Waals surface area contributed by atoms with Crippen LogP contribution in [0.3, 0.4) is 0 Å². The zero-order valence-electron chi connectivity index (χ0n) is 8.03. The summed E-state index contributed by atoms with van der Waals surface area (Å²) in [4.78, 5) is 10.2. The smallest absolute Gasteiger partial charge is 0.303 e. The van der Waals surface area contributed by atoms with E-state index in [1.54, 1.807) is 19.9 Å². The van der Waals surface area contributed by atoms with Crippen molar-refractivity contribution in [3.63, 3.8) is 0 Å². The van der Waals surface area contributed by atoms with Gasteiger partial charge in [0.25, 0.3) is 0 Å². The highest BCUT2D eigenvalue weighted by Crippen LogP contribution is 2.05. The van der Waals surface area contributed by atoms with E-state index in [-0.39, 0.29) is 6.42 Å². The Kier molecular flexibility index (Phi) is 5.34. The third kappa shape index (κ3) is 5.38. The molecule has 0 aromatic heterocycles. The number of aliphatic hydroxyl groups is 1. The van der Waals surface area contributed by atoms with Crippen LogP contribution in [-0.4, -0.2) is 28.3 Å². The highest BCUT2D eigenvalue weighted by molar-refractivity contribution is 5.66. The van der Waals surface area contributed by atoms with Gasteiger partial charge in [-0.15, -0.1) is 0 Å². The average Bonchev–Trinajstić information content (AvgIpc) is 2.02. The number of nitrogens with two attached hydrogens (primary N) is 1. The molecule has 0 heterocycles. The van der Waals surface area contributed by atoms with Crippen LogP contribution < -0.4 is 5.73 Å². The summed E-state index contributed by atoms with van der Waals surface area (Å²) in [6.07, 6.45) is 1.72. The molecular weight excluding hydrogens is 170 g/mol. The van der Waals surface area contributed by atoms with Crippen molar-refractivity contribution in [2.45, 2.75) is 38.8 Å². The number of hydrogen-bond donors (Lipinski definition) is 3. The van der Waals surface area contributed by atoms with Crippen LogP contribution in [0.4, 0.5) is 0 Å². The fourth-order valence-corrected chi connectivity index (χ4v) is 0.940. The number of allylic oxidation sites excluding steroid dienone is 1. The first kappa shape index (κ1) is 12.1. The molecule has 0 aromatic rings. The van der Waals surface area contributed by atoms with Gasteiger partial charge in [0.15, 0.2) is 0 Å². The maximum Gasteiger partial charge on any atom is 0.303 e. The molecule has 0 spiro atoms. The summed E-state index contributed by atoms with van der Waals surface area (Å²) in [6.45, 7) is 3.40. The molecule has 0 aliphatic carbocycles. The molecule has 2 unspecified atom stereocenters. The Labute approximate surface area is 78.1 Å². The summed E-state index contributed by atoms with van der Waals surface area (Å²) in [5.74, 6) is -0.824. The number of hydrogen-bond acceptors (Lipinski definition) is 3. The van der Waals surface area contributed by atoms with Crippen molar-refractivity contribution < 1.29 is 15.0 Å². The Morgan fingerprint density at radius 2 is 2.15 bits per heavy atom. The number of carboxylic acids is 1. The molecule has 0 rings (SSSR count). The summed E-state index contributed by atoms with van der Waals surface area (Å²) in [5.41, 5.74) is 6.44. The lowest BCUT2D eigenvalue weighted by atomic mass is 10.0. The predicted octanol–water partition coefficient (Wildman–Crippen LogP) is 0.506. The Morgan fingerprint density at radius 3 is 2.54 bits per heavy atom. The van der Waals surface area contributed by atoms with E-state index in [2.05, 4.69) is 0 Å². The Balaban J connectivity index is 3.94. The van der Waals surface area contributed by atoms with E-state index in [1.807, 2.05) is 0 Å². The van der Waals surface area contributed by atoms with Gasteiger partial charge in [-0.2, -0.15) is 0 Å². The van der Waals surface area contributed by atoms with E-state index in [0.717, 1.165) is 5.57 Å². The van der Waals surface area contributed by atoms with Gasteiger partial charge in [0.1, 0.15) is 0 Å². The molecule has 0 bridgehead atoms. The molecule has 0 aliphatic heterocycles. The van der Waals surface area contributed by atoms with E-state index >= 15 is 0 Å². The van der Waals surface area contributed by atoms with Gasteiger partial charge < -0.3 is 15.9 Å². The SMILES string of the molecule is C/C(=C\CCC(=O)O)C(N)C(C)O. The van der Waals surface area contributed by atoms with E-state index in [9.17, 15) is 4.79 Å². The fourth-order valence-electron chi connectivity index (χ4n) is 0.940. The van der Waals surface area contributed by atoms with Crippen LogP contribution in [0.5, 0.6) is 0 Å². The summed E-state index contributed by atoms with van der Waals surface area (Å²) >= 11 is 0. The Morgan fingerprint density at radius 1 is 1.62 bits per heavy atom. The summed E-state index contributed by atoms with van der Waals surface area (Å²) in [6, 6.07) is -0.395. The molecule has 0 aliphatic rings. The van der Waals surface area contributed by atoms with Crippen molar-refractivity contribution in [2.24, 2.45) is 5.73 Å². The largest absolute Gasteiger partial charge is 0.481 e. The summed E-state index contributed by atoms with van der Waals surface area (Å²) < 4.78 is 0. The maximum atomic E-state index is 10.2. The van der Waals surface area contributed by atoms with Gasteiger partial charge in [-0.05, 0) is 20.3 Å². The summed E-state index contributed by atoms with van der Waals surface area (Å²) in [7, 11) is 0. The van der Waals surface area contributed by atoms with Crippen molar-refractivity contribution in [1.29, 1.82) is 0 Å². The normalized spacial score (nSPS) is 16.8. The third-order valence-corrected chi connectivity index (χ3v) is 1.87. The first-order valence-electron chi connectivity index (χ1n) is 4.27. The molecule has 0 aromatic carbocycles. The molecule has 0 radical (unpaired) electrons. The molecule has 13 heavy (non-hydrogen) atoms. The first-order chi connectivity index (χ1) is 5.95. The monoisotopic (exact) mass is 187 g/mol. The van der Waals surface area contributed by atoms with Crippen molar-refractivity contribution in [1.82, 2.24) is 0 Å². The van der Waals surface area contributed by atoms with E-state index in [1.165, 1.54) is 0 Å². The maximum absolute atomic E-state index is 10.2. The fraction of sp³-hybridized carbons (Fsp3) is 0.667. The van der Waals surface area contributed by atoms with E-state index < -0.39 is 18.1 Å². The van der Waals surface area contributed by atoms with E-state index in [0.29, 0.717) is 6.42 Å². The molecular formula is C9H17NO3. The topological polar surface area (TPSA) is 83.5 Å². The van der Waals surface area contributed by atoms with Gasteiger partial charge in [-0.3, -0.25) is 4.79 Å². The molecule has 76 valence electrons. The second kappa shape index (κ2) is 5.72. The standard InChI is InChI=1S/C9H17NO3/c1-6(9(10)7(2)11)4-3-5-8(12)13/h4,7,9,11H,3,5,10H2,1-2H3,(H,12,13)/b6-4+. The van der Waals surface area contributed by atoms with E-state index in [4.69, 9.17) is 15.9 Å². The quantitative estimate of drug-likeness (QED) is 0.547. The minimum absolute atomic E-state index is 0.101. The Bertz CT molecular complexity index is 199. The van der Waals surface area contributed by atoms with Gasteiger partial charge in [0, 0.05) is 6.42 Å². The van der Waals surface area contributed by atoms with Crippen LogP contribution >= 0.6 is 0 Å². The zero-order valence-corrected chi connectivity index (χ0v) is 8.03. The highest BCUT2D eigenvalue weighted by atomic mass is 16.4. The molecule has 4 N–H and O–H groups in total. The number of carboxylic acid groups (broad SMARTS) is 1. The minimum Gasteiger partial charge on any atom is -0.481 e. The molecule has 2 atom stereocenters. The number of carbonyl (C=O) groups is 1. The van der Waals surface area contributed by atoms with Crippen molar-refractivity contribution in [2.75, 3.05) is 0 Å². The van der Waals surface area contributed by atoms with Gasteiger partial charge >= 0.3 is 5.97 Å². The molecule has 0 saturated carbocycles. The average molecular weight is 187 g/mol. The van der Waals surface area contributed by atoms with Crippen LogP contribution in [0, 0.1) is 0 Å².